The molecule has 0 spiro atoms. The number of methoxy groups -OCH3 is 1. The van der Waals surface area contributed by atoms with Crippen LogP contribution in [0.1, 0.15) is 13.8 Å². The van der Waals surface area contributed by atoms with Gasteiger partial charge in [0.15, 0.2) is 6.29 Å². The van der Waals surface area contributed by atoms with Crippen molar-refractivity contribution in [3.63, 3.8) is 0 Å². The van der Waals surface area contributed by atoms with E-state index in [1.165, 1.54) is 25.3 Å². The molecule has 0 aliphatic heterocycles. The van der Waals surface area contributed by atoms with E-state index in [1.807, 2.05) is 0 Å². The largest absolute Gasteiger partial charge is 0.497 e. The van der Waals surface area contributed by atoms with Gasteiger partial charge in [-0.2, -0.15) is 13.2 Å². The van der Waals surface area contributed by atoms with E-state index in [0.29, 0.717) is 10.6 Å². The monoisotopic (exact) mass is 335 g/mol. The Morgan fingerprint density at radius 3 is 2.30 bits per heavy atom. The quantitative estimate of drug-likeness (QED) is 0.685. The van der Waals surface area contributed by atoms with Crippen molar-refractivity contribution in [3.05, 3.63) is 24.3 Å². The molecule has 23 heavy (non-hydrogen) atoms. The van der Waals surface area contributed by atoms with Crippen LogP contribution in [-0.4, -0.2) is 45.2 Å². The Bertz CT molecular complexity index is 502. The number of alkyl halides is 3. The number of ether oxygens (including phenoxy) is 3. The number of hydrogen-bond donors (Lipinski definition) is 0. The number of nitrogens with zero attached hydrogens (tertiary/aromatic N) is 1. The zero-order chi connectivity index (χ0) is 17.5. The van der Waals surface area contributed by atoms with E-state index in [0.717, 1.165) is 0 Å². The van der Waals surface area contributed by atoms with Gasteiger partial charge >= 0.3 is 12.1 Å². The Kier molecular flexibility index (Phi) is 7.31. The highest BCUT2D eigenvalue weighted by Crippen LogP contribution is 2.27. The number of rotatable bonds is 8. The molecular weight excluding hydrogens is 315 g/mol. The van der Waals surface area contributed by atoms with Crippen LogP contribution < -0.4 is 9.64 Å². The molecule has 8 heteroatoms. The molecule has 0 radical (unpaired) electrons. The maximum Gasteiger partial charge on any atom is 0.471 e. The molecule has 130 valence electrons. The van der Waals surface area contributed by atoms with E-state index in [1.54, 1.807) is 19.9 Å². The molecule has 1 rings (SSSR count). The van der Waals surface area contributed by atoms with Crippen LogP contribution in [0.5, 0.6) is 5.75 Å². The van der Waals surface area contributed by atoms with Crippen LogP contribution in [0.2, 0.25) is 0 Å². The van der Waals surface area contributed by atoms with Crippen molar-refractivity contribution in [3.8, 4) is 5.75 Å². The van der Waals surface area contributed by atoms with Crippen LogP contribution in [0.4, 0.5) is 18.9 Å². The van der Waals surface area contributed by atoms with Gasteiger partial charge < -0.3 is 14.2 Å². The van der Waals surface area contributed by atoms with Gasteiger partial charge in [0.05, 0.1) is 13.7 Å². The highest BCUT2D eigenvalue weighted by Gasteiger charge is 2.43. The van der Waals surface area contributed by atoms with Gasteiger partial charge in [-0.15, -0.1) is 0 Å². The molecule has 1 aromatic rings. The summed E-state index contributed by atoms with van der Waals surface area (Å²) in [5, 5.41) is 0. The number of hydrogen-bond acceptors (Lipinski definition) is 4. The van der Waals surface area contributed by atoms with Gasteiger partial charge in [-0.25, -0.2) is 0 Å². The van der Waals surface area contributed by atoms with Crippen molar-refractivity contribution in [2.24, 2.45) is 0 Å². The molecule has 0 atom stereocenters. The van der Waals surface area contributed by atoms with Gasteiger partial charge in [0.1, 0.15) is 5.75 Å². The first kappa shape index (κ1) is 19.2. The average molecular weight is 335 g/mol. The summed E-state index contributed by atoms with van der Waals surface area (Å²) >= 11 is 0. The fourth-order valence-corrected chi connectivity index (χ4v) is 1.91. The molecule has 1 amide bonds. The molecule has 0 N–H and O–H groups in total. The van der Waals surface area contributed by atoms with Gasteiger partial charge in [-0.05, 0) is 26.0 Å². The Hall–Kier alpha value is -1.80. The number of carbonyl (C=O) groups is 1. The van der Waals surface area contributed by atoms with E-state index in [4.69, 9.17) is 14.2 Å². The lowest BCUT2D eigenvalue weighted by Crippen LogP contribution is -2.46. The van der Waals surface area contributed by atoms with Crippen LogP contribution in [0.25, 0.3) is 0 Å². The Morgan fingerprint density at radius 2 is 1.83 bits per heavy atom. The molecule has 5 nitrogen and oxygen atoms in total. The fraction of sp³-hybridized carbons (Fsp3) is 0.533. The highest BCUT2D eigenvalue weighted by molar-refractivity contribution is 5.97. The molecule has 0 aliphatic carbocycles. The van der Waals surface area contributed by atoms with Gasteiger partial charge in [0.25, 0.3) is 0 Å². The molecule has 0 aliphatic rings. The van der Waals surface area contributed by atoms with Crippen LogP contribution in [-0.2, 0) is 14.3 Å². The lowest BCUT2D eigenvalue weighted by molar-refractivity contribution is -0.173. The maximum atomic E-state index is 12.9. The molecule has 0 saturated carbocycles. The predicted octanol–water partition coefficient (Wildman–Crippen LogP) is 2.99. The second-order valence-electron chi connectivity index (χ2n) is 4.46. The Morgan fingerprint density at radius 1 is 1.22 bits per heavy atom. The first-order valence-electron chi connectivity index (χ1n) is 7.09. The number of benzene rings is 1. The molecule has 0 saturated heterocycles. The van der Waals surface area contributed by atoms with Crippen molar-refractivity contribution < 1.29 is 32.2 Å². The number of anilines is 1. The summed E-state index contributed by atoms with van der Waals surface area (Å²) < 4.78 is 54.1. The van der Waals surface area contributed by atoms with Crippen molar-refractivity contribution in [1.29, 1.82) is 0 Å². The van der Waals surface area contributed by atoms with Crippen molar-refractivity contribution in [2.75, 3.05) is 31.8 Å². The summed E-state index contributed by atoms with van der Waals surface area (Å²) in [4.78, 5) is 12.3. The zero-order valence-corrected chi connectivity index (χ0v) is 13.2. The second kappa shape index (κ2) is 8.73. The van der Waals surface area contributed by atoms with E-state index < -0.39 is 18.4 Å². The van der Waals surface area contributed by atoms with E-state index in [9.17, 15) is 18.0 Å². The lowest BCUT2D eigenvalue weighted by Gasteiger charge is -2.28. The summed E-state index contributed by atoms with van der Waals surface area (Å²) in [6, 6.07) is 5.81. The van der Waals surface area contributed by atoms with Crippen molar-refractivity contribution in [1.82, 2.24) is 0 Å². The van der Waals surface area contributed by atoms with E-state index in [-0.39, 0.29) is 25.4 Å². The van der Waals surface area contributed by atoms with Crippen molar-refractivity contribution in [2.45, 2.75) is 26.3 Å². The van der Waals surface area contributed by atoms with Crippen LogP contribution >= 0.6 is 0 Å². The first-order valence-corrected chi connectivity index (χ1v) is 7.09. The maximum absolute atomic E-state index is 12.9. The molecule has 0 fully saturated rings. The van der Waals surface area contributed by atoms with Gasteiger partial charge in [-0.3, -0.25) is 9.69 Å². The van der Waals surface area contributed by atoms with Crippen LogP contribution in [0.15, 0.2) is 24.3 Å². The average Bonchev–Trinajstić information content (AvgIpc) is 2.51. The first-order chi connectivity index (χ1) is 10.8. The Balaban J connectivity index is 3.12. The predicted molar refractivity (Wildman–Crippen MR) is 78.4 cm³/mol. The van der Waals surface area contributed by atoms with Gasteiger partial charge in [-0.1, -0.05) is 6.07 Å². The molecule has 0 bridgehead atoms. The minimum Gasteiger partial charge on any atom is -0.497 e. The molecule has 0 aromatic heterocycles. The summed E-state index contributed by atoms with van der Waals surface area (Å²) in [5.74, 6) is -1.65. The Labute approximate surface area is 132 Å². The summed E-state index contributed by atoms with van der Waals surface area (Å²) in [7, 11) is 1.39. The molecule has 1 aromatic carbocycles. The van der Waals surface area contributed by atoms with E-state index >= 15 is 0 Å². The normalized spacial score (nSPS) is 11.6. The smallest absolute Gasteiger partial charge is 0.471 e. The topological polar surface area (TPSA) is 48.0 Å². The lowest BCUT2D eigenvalue weighted by atomic mass is 10.2. The van der Waals surface area contributed by atoms with Gasteiger partial charge in [0.2, 0.25) is 0 Å². The zero-order valence-electron chi connectivity index (χ0n) is 13.2. The minimum atomic E-state index is -5.01. The third kappa shape index (κ3) is 5.72. The highest BCUT2D eigenvalue weighted by atomic mass is 19.4. The summed E-state index contributed by atoms with van der Waals surface area (Å²) in [5.41, 5.74) is 0.0519. The summed E-state index contributed by atoms with van der Waals surface area (Å²) in [6.45, 7) is 3.49. The van der Waals surface area contributed by atoms with Gasteiger partial charge in [0, 0.05) is 25.0 Å². The van der Waals surface area contributed by atoms with E-state index in [2.05, 4.69) is 0 Å². The second-order valence-corrected chi connectivity index (χ2v) is 4.46. The third-order valence-electron chi connectivity index (χ3n) is 2.89. The number of carbonyl (C=O) groups excluding carboxylic acids is 1. The SMILES string of the molecule is CCOC(CN(C(=O)C(F)(F)F)c1cccc(OC)c1)OCC. The fourth-order valence-electron chi connectivity index (χ4n) is 1.91. The molecular formula is C15H20F3NO4. The number of halogens is 3. The minimum absolute atomic E-state index is 0.0519. The number of amides is 1. The molecule has 0 unspecified atom stereocenters. The standard InChI is InChI=1S/C15H20F3NO4/c1-4-22-13(23-5-2)10-19(14(20)15(16,17)18)11-7-6-8-12(9-11)21-3/h6-9,13H,4-5,10H2,1-3H3. The summed E-state index contributed by atoms with van der Waals surface area (Å²) in [6.07, 6.45) is -5.96. The van der Waals surface area contributed by atoms with Crippen molar-refractivity contribution >= 4 is 11.6 Å². The van der Waals surface area contributed by atoms with Crippen LogP contribution in [0, 0.1) is 0 Å². The molecule has 0 heterocycles. The third-order valence-corrected chi connectivity index (χ3v) is 2.89. The van der Waals surface area contributed by atoms with Crippen LogP contribution in [0.3, 0.4) is 0 Å².